The molecular weight excluding hydrogens is 242 g/mol. The Labute approximate surface area is 111 Å². The van der Waals surface area contributed by atoms with Crippen molar-refractivity contribution in [1.82, 2.24) is 9.55 Å². The number of nitrogens with zero attached hydrogens (tertiary/aromatic N) is 2. The van der Waals surface area contributed by atoms with E-state index in [1.807, 2.05) is 22.8 Å². The van der Waals surface area contributed by atoms with Crippen LogP contribution >= 0.6 is 0 Å². The molecule has 0 bridgehead atoms. The van der Waals surface area contributed by atoms with Gasteiger partial charge in [0.25, 0.3) is 0 Å². The summed E-state index contributed by atoms with van der Waals surface area (Å²) in [5.41, 5.74) is 7.75. The van der Waals surface area contributed by atoms with E-state index in [1.165, 1.54) is 0 Å². The molecule has 1 aliphatic rings. The predicted octanol–water partition coefficient (Wildman–Crippen LogP) is 2.09. The highest BCUT2D eigenvalue weighted by Crippen LogP contribution is 2.35. The number of anilines is 1. The largest absolute Gasteiger partial charge is 0.486 e. The van der Waals surface area contributed by atoms with E-state index in [2.05, 4.69) is 11.6 Å². The Kier molecular flexibility index (Phi) is 2.87. The Morgan fingerprint density at radius 3 is 2.89 bits per heavy atom. The number of nitrogen functional groups attached to an aromatic ring is 1. The van der Waals surface area contributed by atoms with Crippen molar-refractivity contribution in [2.45, 2.75) is 6.54 Å². The van der Waals surface area contributed by atoms with Crippen LogP contribution < -0.4 is 15.2 Å². The quantitative estimate of drug-likeness (QED) is 0.855. The Bertz CT molecular complexity index is 619. The van der Waals surface area contributed by atoms with Gasteiger partial charge in [-0.15, -0.1) is 6.58 Å². The van der Waals surface area contributed by atoms with Crippen LogP contribution in [0.25, 0.3) is 11.3 Å². The fraction of sp³-hybridized carbons (Fsp3) is 0.214. The van der Waals surface area contributed by atoms with Gasteiger partial charge in [0.1, 0.15) is 24.7 Å². The zero-order valence-electron chi connectivity index (χ0n) is 10.5. The highest BCUT2D eigenvalue weighted by molar-refractivity contribution is 5.72. The third-order valence-electron chi connectivity index (χ3n) is 3.02. The molecule has 0 amide bonds. The van der Waals surface area contributed by atoms with Gasteiger partial charge in [0, 0.05) is 12.1 Å². The molecule has 2 heterocycles. The van der Waals surface area contributed by atoms with Crippen molar-refractivity contribution in [3.05, 3.63) is 37.2 Å². The molecule has 1 aromatic heterocycles. The summed E-state index contributed by atoms with van der Waals surface area (Å²) in [5.74, 6) is 2.12. The fourth-order valence-electron chi connectivity index (χ4n) is 2.09. The summed E-state index contributed by atoms with van der Waals surface area (Å²) < 4.78 is 12.9. The maximum absolute atomic E-state index is 6.08. The number of allylic oxidation sites excluding steroid dienone is 1. The van der Waals surface area contributed by atoms with E-state index in [0.717, 1.165) is 22.8 Å². The summed E-state index contributed by atoms with van der Waals surface area (Å²) in [6.07, 6.45) is 3.49. The second-order valence-corrected chi connectivity index (χ2v) is 4.28. The Morgan fingerprint density at radius 2 is 2.11 bits per heavy atom. The number of aromatic nitrogens is 2. The van der Waals surface area contributed by atoms with E-state index in [-0.39, 0.29) is 0 Å². The number of rotatable bonds is 3. The number of benzene rings is 1. The van der Waals surface area contributed by atoms with E-state index in [1.54, 1.807) is 12.4 Å². The van der Waals surface area contributed by atoms with Crippen LogP contribution in [0.1, 0.15) is 0 Å². The maximum Gasteiger partial charge on any atom is 0.162 e. The first-order chi connectivity index (χ1) is 9.29. The average Bonchev–Trinajstić information content (AvgIpc) is 2.80. The number of fused-ring (bicyclic) bond motifs is 1. The van der Waals surface area contributed by atoms with E-state index in [9.17, 15) is 0 Å². The van der Waals surface area contributed by atoms with E-state index in [4.69, 9.17) is 15.2 Å². The molecule has 0 spiro atoms. The van der Waals surface area contributed by atoms with Crippen LogP contribution in [0.15, 0.2) is 37.2 Å². The molecule has 0 aliphatic carbocycles. The maximum atomic E-state index is 6.08. The van der Waals surface area contributed by atoms with Gasteiger partial charge < -0.3 is 19.8 Å². The number of hydrogen-bond donors (Lipinski definition) is 1. The highest BCUT2D eigenvalue weighted by atomic mass is 16.6. The smallest absolute Gasteiger partial charge is 0.162 e. The minimum absolute atomic E-state index is 0.566. The lowest BCUT2D eigenvalue weighted by Gasteiger charge is -2.18. The number of hydrogen-bond acceptors (Lipinski definition) is 4. The molecule has 0 radical (unpaired) electrons. The van der Waals surface area contributed by atoms with Crippen molar-refractivity contribution in [1.29, 1.82) is 0 Å². The summed E-state index contributed by atoms with van der Waals surface area (Å²) >= 11 is 0. The lowest BCUT2D eigenvalue weighted by molar-refractivity contribution is 0.171. The molecule has 19 heavy (non-hydrogen) atoms. The molecule has 0 saturated carbocycles. The van der Waals surface area contributed by atoms with E-state index >= 15 is 0 Å². The lowest BCUT2D eigenvalue weighted by atomic mass is 10.1. The van der Waals surface area contributed by atoms with Crippen LogP contribution in [0.4, 0.5) is 5.82 Å². The first-order valence-corrected chi connectivity index (χ1v) is 6.11. The molecule has 3 rings (SSSR count). The van der Waals surface area contributed by atoms with Gasteiger partial charge in [-0.3, -0.25) is 0 Å². The Morgan fingerprint density at radius 1 is 1.32 bits per heavy atom. The monoisotopic (exact) mass is 257 g/mol. The van der Waals surface area contributed by atoms with Crippen LogP contribution in [-0.4, -0.2) is 22.8 Å². The van der Waals surface area contributed by atoms with E-state index in [0.29, 0.717) is 25.6 Å². The van der Waals surface area contributed by atoms with E-state index < -0.39 is 0 Å². The van der Waals surface area contributed by atoms with Crippen LogP contribution in [0, 0.1) is 0 Å². The van der Waals surface area contributed by atoms with Gasteiger partial charge in [-0.05, 0) is 18.2 Å². The molecule has 98 valence electrons. The number of nitrogens with two attached hydrogens (primary N) is 1. The van der Waals surface area contributed by atoms with Crippen LogP contribution in [0.3, 0.4) is 0 Å². The molecule has 1 aromatic carbocycles. The molecular formula is C14H15N3O2. The number of ether oxygens (including phenoxy) is 2. The summed E-state index contributed by atoms with van der Waals surface area (Å²) in [6, 6.07) is 5.73. The minimum Gasteiger partial charge on any atom is -0.486 e. The summed E-state index contributed by atoms with van der Waals surface area (Å²) in [5, 5.41) is 0. The van der Waals surface area contributed by atoms with Crippen LogP contribution in [0.2, 0.25) is 0 Å². The molecule has 5 nitrogen and oxygen atoms in total. The predicted molar refractivity (Wildman–Crippen MR) is 73.3 cm³/mol. The molecule has 0 atom stereocenters. The second kappa shape index (κ2) is 4.68. The van der Waals surface area contributed by atoms with Crippen molar-refractivity contribution in [2.24, 2.45) is 0 Å². The summed E-state index contributed by atoms with van der Waals surface area (Å²) in [7, 11) is 0. The lowest BCUT2D eigenvalue weighted by Crippen LogP contribution is -2.15. The van der Waals surface area contributed by atoms with Gasteiger partial charge in [0.2, 0.25) is 0 Å². The summed E-state index contributed by atoms with van der Waals surface area (Å²) in [4.78, 5) is 4.35. The topological polar surface area (TPSA) is 62.3 Å². The van der Waals surface area contributed by atoms with Crippen molar-refractivity contribution in [3.63, 3.8) is 0 Å². The van der Waals surface area contributed by atoms with Gasteiger partial charge in [-0.2, -0.15) is 0 Å². The first-order valence-electron chi connectivity index (χ1n) is 6.11. The van der Waals surface area contributed by atoms with Gasteiger partial charge in [0.15, 0.2) is 11.5 Å². The molecule has 0 unspecified atom stereocenters. The molecule has 2 N–H and O–H groups in total. The molecule has 1 aliphatic heterocycles. The Hall–Kier alpha value is -2.43. The van der Waals surface area contributed by atoms with Crippen molar-refractivity contribution >= 4 is 5.82 Å². The average molecular weight is 257 g/mol. The minimum atomic E-state index is 0.566. The highest BCUT2D eigenvalue weighted by Gasteiger charge is 2.15. The zero-order valence-corrected chi connectivity index (χ0v) is 10.5. The van der Waals surface area contributed by atoms with Crippen molar-refractivity contribution in [3.8, 4) is 22.8 Å². The standard InChI is InChI=1S/C14H15N3O2/c1-2-5-17-9-16-13(14(17)15)10-3-4-11-12(8-10)19-7-6-18-11/h2-4,8-9H,1,5-7,15H2. The normalized spacial score (nSPS) is 13.3. The zero-order chi connectivity index (χ0) is 13.2. The summed E-state index contributed by atoms with van der Waals surface area (Å²) in [6.45, 7) is 5.49. The third-order valence-corrected chi connectivity index (χ3v) is 3.02. The second-order valence-electron chi connectivity index (χ2n) is 4.28. The SMILES string of the molecule is C=CCn1cnc(-c2ccc3c(c2)OCCO3)c1N. The fourth-order valence-corrected chi connectivity index (χ4v) is 2.09. The van der Waals surface area contributed by atoms with Gasteiger partial charge in [-0.1, -0.05) is 6.08 Å². The molecule has 0 fully saturated rings. The van der Waals surface area contributed by atoms with Gasteiger partial charge >= 0.3 is 0 Å². The number of imidazole rings is 1. The third kappa shape index (κ3) is 2.03. The van der Waals surface area contributed by atoms with Gasteiger partial charge in [-0.25, -0.2) is 4.98 Å². The first kappa shape index (κ1) is 11.6. The van der Waals surface area contributed by atoms with Crippen molar-refractivity contribution < 1.29 is 9.47 Å². The molecule has 0 saturated heterocycles. The van der Waals surface area contributed by atoms with Crippen molar-refractivity contribution in [2.75, 3.05) is 18.9 Å². The molecule has 5 heteroatoms. The van der Waals surface area contributed by atoms with Crippen LogP contribution in [-0.2, 0) is 6.54 Å². The molecule has 2 aromatic rings. The Balaban J connectivity index is 2.00. The van der Waals surface area contributed by atoms with Crippen LogP contribution in [0.5, 0.6) is 11.5 Å². The van der Waals surface area contributed by atoms with Gasteiger partial charge in [0.05, 0.1) is 6.33 Å².